The van der Waals surface area contributed by atoms with E-state index in [0.29, 0.717) is 5.95 Å². The summed E-state index contributed by atoms with van der Waals surface area (Å²) in [6.45, 7) is 10.3. The fourth-order valence-electron chi connectivity index (χ4n) is 2.84. The van der Waals surface area contributed by atoms with Crippen LogP contribution in [0.3, 0.4) is 0 Å². The first-order chi connectivity index (χ1) is 12.6. The number of aromatic nitrogens is 4. The molecule has 0 fully saturated rings. The van der Waals surface area contributed by atoms with E-state index in [4.69, 9.17) is 0 Å². The van der Waals surface area contributed by atoms with Gasteiger partial charge in [0.1, 0.15) is 5.82 Å². The third-order valence-electron chi connectivity index (χ3n) is 4.51. The van der Waals surface area contributed by atoms with E-state index in [1.807, 2.05) is 19.2 Å². The summed E-state index contributed by atoms with van der Waals surface area (Å²) in [5, 5.41) is 12.0. The molecule has 0 atom stereocenters. The molecule has 7 heteroatoms. The van der Waals surface area contributed by atoms with Crippen molar-refractivity contribution < 1.29 is 0 Å². The first kappa shape index (κ1) is 18.1. The van der Waals surface area contributed by atoms with Gasteiger partial charge < -0.3 is 15.5 Å². The summed E-state index contributed by atoms with van der Waals surface area (Å²) in [7, 11) is 1.89. The van der Waals surface area contributed by atoms with Gasteiger partial charge in [-0.3, -0.25) is 4.68 Å². The van der Waals surface area contributed by atoms with Crippen molar-refractivity contribution in [2.24, 2.45) is 7.05 Å². The number of nitrogens with one attached hydrogen (secondary N) is 2. The topological polar surface area (TPSA) is 70.9 Å². The quantitative estimate of drug-likeness (QED) is 0.648. The van der Waals surface area contributed by atoms with Crippen LogP contribution in [0, 0.1) is 6.92 Å². The second-order valence-electron chi connectivity index (χ2n) is 6.35. The lowest BCUT2D eigenvalue weighted by Crippen LogP contribution is -2.29. The van der Waals surface area contributed by atoms with Crippen molar-refractivity contribution in [3.8, 4) is 0 Å². The summed E-state index contributed by atoms with van der Waals surface area (Å²) >= 11 is 0. The van der Waals surface area contributed by atoms with Crippen molar-refractivity contribution in [3.05, 3.63) is 36.0 Å². The number of nitrogens with zero attached hydrogens (tertiary/aromatic N) is 5. The van der Waals surface area contributed by atoms with Crippen LogP contribution in [-0.4, -0.2) is 50.8 Å². The molecule has 7 nitrogen and oxygen atoms in total. The molecule has 0 amide bonds. The average molecular weight is 353 g/mol. The molecule has 0 radical (unpaired) electrons. The molecular weight excluding hydrogens is 326 g/mol. The second-order valence-corrected chi connectivity index (χ2v) is 6.35. The normalized spacial score (nSPS) is 11.3. The first-order valence-corrected chi connectivity index (χ1v) is 9.10. The van der Waals surface area contributed by atoms with E-state index in [1.165, 1.54) is 5.56 Å². The van der Waals surface area contributed by atoms with E-state index >= 15 is 0 Å². The summed E-state index contributed by atoms with van der Waals surface area (Å²) in [5.41, 5.74) is 3.03. The predicted octanol–water partition coefficient (Wildman–Crippen LogP) is 3.17. The maximum absolute atomic E-state index is 4.68. The molecule has 3 aromatic rings. The van der Waals surface area contributed by atoms with Crippen LogP contribution in [0.5, 0.6) is 0 Å². The molecule has 2 heterocycles. The van der Waals surface area contributed by atoms with Gasteiger partial charge in [-0.05, 0) is 32.1 Å². The zero-order chi connectivity index (χ0) is 18.5. The molecule has 0 aliphatic carbocycles. The molecule has 0 saturated heterocycles. The Kier molecular flexibility index (Phi) is 5.68. The Morgan fingerprint density at radius 2 is 1.81 bits per heavy atom. The largest absolute Gasteiger partial charge is 0.353 e. The Bertz CT molecular complexity index is 850. The van der Waals surface area contributed by atoms with Gasteiger partial charge in [-0.2, -0.15) is 15.1 Å². The summed E-state index contributed by atoms with van der Waals surface area (Å²) in [6, 6.07) is 8.25. The minimum absolute atomic E-state index is 0.614. The monoisotopic (exact) mass is 353 g/mol. The number of likely N-dealkylation sites (N-methyl/N-ethyl adjacent to an activating group) is 1. The van der Waals surface area contributed by atoms with E-state index in [9.17, 15) is 0 Å². The summed E-state index contributed by atoms with van der Waals surface area (Å²) < 4.78 is 1.77. The smallest absolute Gasteiger partial charge is 0.226 e. The van der Waals surface area contributed by atoms with Gasteiger partial charge in [-0.1, -0.05) is 31.5 Å². The first-order valence-electron chi connectivity index (χ1n) is 9.10. The molecule has 0 aliphatic heterocycles. The standard InChI is InChI=1S/C19H27N7/c1-5-26(6-2)12-11-20-19-23-17(16-13-21-25(4)18(16)24-19)22-15-9-7-14(3)8-10-15/h7-10,13H,5-6,11-12H2,1-4H3,(H2,20,22,23,24). The summed E-state index contributed by atoms with van der Waals surface area (Å²) in [6.07, 6.45) is 1.80. The van der Waals surface area contributed by atoms with E-state index in [0.717, 1.165) is 48.7 Å². The van der Waals surface area contributed by atoms with E-state index in [1.54, 1.807) is 10.9 Å². The Morgan fingerprint density at radius 1 is 1.08 bits per heavy atom. The van der Waals surface area contributed by atoms with Gasteiger partial charge in [0, 0.05) is 25.8 Å². The Labute approximate surface area is 154 Å². The van der Waals surface area contributed by atoms with Crippen LogP contribution in [0.25, 0.3) is 11.0 Å². The molecular formula is C19H27N7. The molecule has 2 aromatic heterocycles. The lowest BCUT2D eigenvalue weighted by Gasteiger charge is -2.18. The van der Waals surface area contributed by atoms with E-state index in [-0.39, 0.29) is 0 Å². The molecule has 2 N–H and O–H groups in total. The minimum atomic E-state index is 0.614. The van der Waals surface area contributed by atoms with Crippen LogP contribution in [0.4, 0.5) is 17.5 Å². The van der Waals surface area contributed by atoms with Gasteiger partial charge in [0.25, 0.3) is 0 Å². The molecule has 0 unspecified atom stereocenters. The number of aryl methyl sites for hydroxylation is 2. The molecule has 138 valence electrons. The highest BCUT2D eigenvalue weighted by Gasteiger charge is 2.12. The fraction of sp³-hybridized carbons (Fsp3) is 0.421. The number of fused-ring (bicyclic) bond motifs is 1. The van der Waals surface area contributed by atoms with Crippen LogP contribution in [0.2, 0.25) is 0 Å². The van der Waals surface area contributed by atoms with Crippen molar-refractivity contribution in [2.45, 2.75) is 20.8 Å². The van der Waals surface area contributed by atoms with Crippen molar-refractivity contribution in [3.63, 3.8) is 0 Å². The van der Waals surface area contributed by atoms with Crippen molar-refractivity contribution >= 4 is 28.5 Å². The maximum Gasteiger partial charge on any atom is 0.226 e. The summed E-state index contributed by atoms with van der Waals surface area (Å²) in [5.74, 6) is 1.38. The molecule has 0 bridgehead atoms. The van der Waals surface area contributed by atoms with Gasteiger partial charge in [-0.25, -0.2) is 0 Å². The van der Waals surface area contributed by atoms with Crippen LogP contribution in [-0.2, 0) is 7.05 Å². The van der Waals surface area contributed by atoms with Gasteiger partial charge >= 0.3 is 0 Å². The van der Waals surface area contributed by atoms with Crippen molar-refractivity contribution in [1.82, 2.24) is 24.6 Å². The van der Waals surface area contributed by atoms with Gasteiger partial charge in [0.05, 0.1) is 11.6 Å². The molecule has 0 aliphatic rings. The highest BCUT2D eigenvalue weighted by Crippen LogP contribution is 2.24. The summed E-state index contributed by atoms with van der Waals surface area (Å²) in [4.78, 5) is 11.7. The predicted molar refractivity (Wildman–Crippen MR) is 107 cm³/mol. The molecule has 0 saturated carbocycles. The zero-order valence-electron chi connectivity index (χ0n) is 16.0. The van der Waals surface area contributed by atoms with Crippen molar-refractivity contribution in [1.29, 1.82) is 0 Å². The molecule has 0 spiro atoms. The minimum Gasteiger partial charge on any atom is -0.353 e. The van der Waals surface area contributed by atoms with E-state index in [2.05, 4.69) is 63.5 Å². The fourth-order valence-corrected chi connectivity index (χ4v) is 2.84. The molecule has 3 rings (SSSR count). The van der Waals surface area contributed by atoms with Crippen LogP contribution < -0.4 is 10.6 Å². The maximum atomic E-state index is 4.68. The number of hydrogen-bond donors (Lipinski definition) is 2. The highest BCUT2D eigenvalue weighted by molar-refractivity contribution is 5.89. The molecule has 26 heavy (non-hydrogen) atoms. The number of benzene rings is 1. The lowest BCUT2D eigenvalue weighted by atomic mass is 10.2. The third-order valence-corrected chi connectivity index (χ3v) is 4.51. The van der Waals surface area contributed by atoms with Crippen LogP contribution in [0.1, 0.15) is 19.4 Å². The van der Waals surface area contributed by atoms with Crippen molar-refractivity contribution in [2.75, 3.05) is 36.8 Å². The third kappa shape index (κ3) is 4.11. The Hall–Kier alpha value is -2.67. The Balaban J connectivity index is 1.83. The number of rotatable bonds is 8. The van der Waals surface area contributed by atoms with E-state index < -0.39 is 0 Å². The number of anilines is 3. The van der Waals surface area contributed by atoms with Crippen LogP contribution >= 0.6 is 0 Å². The average Bonchev–Trinajstić information content (AvgIpc) is 3.02. The Morgan fingerprint density at radius 3 is 2.50 bits per heavy atom. The van der Waals surface area contributed by atoms with Gasteiger partial charge in [0.2, 0.25) is 5.95 Å². The van der Waals surface area contributed by atoms with Gasteiger partial charge in [0.15, 0.2) is 5.65 Å². The SMILES string of the molecule is CCN(CC)CCNc1nc(Nc2ccc(C)cc2)c2cnn(C)c2n1. The van der Waals surface area contributed by atoms with Gasteiger partial charge in [-0.15, -0.1) is 0 Å². The second kappa shape index (κ2) is 8.14. The number of hydrogen-bond acceptors (Lipinski definition) is 6. The lowest BCUT2D eigenvalue weighted by molar-refractivity contribution is 0.316. The molecule has 1 aromatic carbocycles. The highest BCUT2D eigenvalue weighted by atomic mass is 15.3. The van der Waals surface area contributed by atoms with Crippen LogP contribution in [0.15, 0.2) is 30.5 Å². The zero-order valence-corrected chi connectivity index (χ0v) is 16.0.